The molecule has 2 heterocycles. The van der Waals surface area contributed by atoms with Crippen LogP contribution < -0.4 is 20.7 Å². The molecular weight excluding hydrogens is 365 g/mol. The lowest BCUT2D eigenvalue weighted by molar-refractivity contribution is -0.117. The number of halogens is 1. The Labute approximate surface area is 159 Å². The molecule has 3 aromatic rings. The van der Waals surface area contributed by atoms with Gasteiger partial charge in [0.15, 0.2) is 5.82 Å². The number of hydrogen-bond acceptors (Lipinski definition) is 6. The van der Waals surface area contributed by atoms with E-state index < -0.39 is 5.82 Å². The first-order valence-electron chi connectivity index (χ1n) is 8.43. The molecule has 1 aliphatic heterocycles. The molecule has 4 rings (SSSR count). The summed E-state index contributed by atoms with van der Waals surface area (Å²) in [6, 6.07) is 12.4. The zero-order chi connectivity index (χ0) is 19.7. The molecule has 0 radical (unpaired) electrons. The predicted octanol–water partition coefficient (Wildman–Crippen LogP) is 2.88. The highest BCUT2D eigenvalue weighted by Gasteiger charge is 2.27. The topological polar surface area (TPSA) is 90.7 Å². The van der Waals surface area contributed by atoms with Crippen molar-refractivity contribution in [3.05, 3.63) is 66.2 Å². The van der Waals surface area contributed by atoms with Crippen molar-refractivity contribution in [2.75, 3.05) is 34.2 Å². The van der Waals surface area contributed by atoms with Gasteiger partial charge in [0.2, 0.25) is 5.91 Å². The fraction of sp³-hybridized carbons (Fsp3) is 0.105. The normalized spacial score (nSPS) is 13.3. The number of nitrogens with one attached hydrogen (secondary N) is 2. The molecule has 0 fully saturated rings. The van der Waals surface area contributed by atoms with Crippen molar-refractivity contribution < 1.29 is 18.5 Å². The van der Waals surface area contributed by atoms with Gasteiger partial charge in [-0.15, -0.1) is 0 Å². The molecule has 0 bridgehead atoms. The van der Waals surface area contributed by atoms with Gasteiger partial charge in [0.05, 0.1) is 17.1 Å². The minimum Gasteiger partial charge on any atom is -0.363 e. The molecule has 2 amide bonds. The molecule has 2 aromatic carbocycles. The van der Waals surface area contributed by atoms with Crippen LogP contribution in [0.5, 0.6) is 0 Å². The largest absolute Gasteiger partial charge is 0.363 e. The van der Waals surface area contributed by atoms with E-state index in [2.05, 4.69) is 20.4 Å². The van der Waals surface area contributed by atoms with E-state index in [-0.39, 0.29) is 18.4 Å². The number of anilines is 4. The van der Waals surface area contributed by atoms with E-state index in [0.717, 1.165) is 0 Å². The number of fused-ring (bicyclic) bond motifs is 1. The summed E-state index contributed by atoms with van der Waals surface area (Å²) in [6.45, 7) is 0.0430. The van der Waals surface area contributed by atoms with Gasteiger partial charge in [0, 0.05) is 24.7 Å². The van der Waals surface area contributed by atoms with Crippen LogP contribution in [0.4, 0.5) is 27.3 Å². The molecule has 1 aromatic heterocycles. The molecule has 1 aliphatic rings. The van der Waals surface area contributed by atoms with Crippen LogP contribution in [-0.4, -0.2) is 30.6 Å². The smallest absolute Gasteiger partial charge is 0.256 e. The van der Waals surface area contributed by atoms with E-state index in [1.54, 1.807) is 42.4 Å². The SMILES string of the molecule is CN1C(=O)CN(Nc2ccc(C(=O)Nc3ccon3)cc2)c2cc(F)ccc21. The summed E-state index contributed by atoms with van der Waals surface area (Å²) in [4.78, 5) is 25.9. The van der Waals surface area contributed by atoms with Crippen molar-refractivity contribution in [1.29, 1.82) is 0 Å². The zero-order valence-corrected chi connectivity index (χ0v) is 14.8. The van der Waals surface area contributed by atoms with E-state index >= 15 is 0 Å². The average Bonchev–Trinajstić information content (AvgIpc) is 3.19. The minimum atomic E-state index is -0.395. The second-order valence-corrected chi connectivity index (χ2v) is 6.20. The number of carbonyl (C=O) groups is 2. The Balaban J connectivity index is 1.52. The number of likely N-dealkylation sites (N-methyl/N-ethyl adjacent to an activating group) is 1. The minimum absolute atomic E-state index is 0.0430. The molecular formula is C19H16FN5O3. The van der Waals surface area contributed by atoms with E-state index in [1.165, 1.54) is 29.4 Å². The number of benzene rings is 2. The third kappa shape index (κ3) is 3.37. The molecule has 0 saturated heterocycles. The molecule has 2 N–H and O–H groups in total. The molecule has 0 unspecified atom stereocenters. The quantitative estimate of drug-likeness (QED) is 0.722. The standard InChI is InChI=1S/C19H16FN5O3/c1-24-15-7-4-13(20)10-16(15)25(11-18(24)26)22-14-5-2-12(3-6-14)19(27)21-17-8-9-28-23-17/h2-10,22H,11H2,1H3,(H,21,23,27). The molecule has 9 heteroatoms. The Morgan fingerprint density at radius 2 is 1.93 bits per heavy atom. The van der Waals surface area contributed by atoms with E-state index in [9.17, 15) is 14.0 Å². The number of nitrogens with zero attached hydrogens (tertiary/aromatic N) is 3. The third-order valence-electron chi connectivity index (χ3n) is 4.35. The Kier molecular flexibility index (Phi) is 4.40. The summed E-state index contributed by atoms with van der Waals surface area (Å²) < 4.78 is 18.4. The maximum absolute atomic E-state index is 13.7. The van der Waals surface area contributed by atoms with Crippen molar-refractivity contribution in [1.82, 2.24) is 5.16 Å². The summed E-state index contributed by atoms with van der Waals surface area (Å²) in [7, 11) is 1.65. The van der Waals surface area contributed by atoms with Gasteiger partial charge in [-0.05, 0) is 36.4 Å². The van der Waals surface area contributed by atoms with E-state index in [0.29, 0.717) is 28.4 Å². The van der Waals surface area contributed by atoms with Crippen molar-refractivity contribution in [2.24, 2.45) is 0 Å². The number of carbonyl (C=O) groups excluding carboxylic acids is 2. The van der Waals surface area contributed by atoms with Crippen LogP contribution in [0.15, 0.2) is 59.3 Å². The van der Waals surface area contributed by atoms with Crippen molar-refractivity contribution in [2.45, 2.75) is 0 Å². The maximum atomic E-state index is 13.7. The number of hydrogen-bond donors (Lipinski definition) is 2. The summed E-state index contributed by atoms with van der Waals surface area (Å²) in [5.74, 6) is -0.534. The highest BCUT2D eigenvalue weighted by molar-refractivity contribution is 6.04. The van der Waals surface area contributed by atoms with Crippen molar-refractivity contribution in [3.8, 4) is 0 Å². The first-order valence-corrected chi connectivity index (χ1v) is 8.43. The van der Waals surface area contributed by atoms with Gasteiger partial charge >= 0.3 is 0 Å². The highest BCUT2D eigenvalue weighted by atomic mass is 19.1. The summed E-state index contributed by atoms with van der Waals surface area (Å²) in [6.07, 6.45) is 1.36. The fourth-order valence-electron chi connectivity index (χ4n) is 2.87. The first-order chi connectivity index (χ1) is 13.5. The molecule has 142 valence electrons. The predicted molar refractivity (Wildman–Crippen MR) is 102 cm³/mol. The van der Waals surface area contributed by atoms with Crippen LogP contribution in [0.3, 0.4) is 0 Å². The first kappa shape index (κ1) is 17.5. The Morgan fingerprint density at radius 3 is 2.64 bits per heavy atom. The fourth-order valence-corrected chi connectivity index (χ4v) is 2.87. The van der Waals surface area contributed by atoms with Gasteiger partial charge < -0.3 is 14.7 Å². The number of amides is 2. The number of hydrazine groups is 1. The highest BCUT2D eigenvalue weighted by Crippen LogP contribution is 2.33. The van der Waals surface area contributed by atoms with Crippen LogP contribution in [-0.2, 0) is 4.79 Å². The van der Waals surface area contributed by atoms with E-state index in [1.807, 2.05) is 0 Å². The van der Waals surface area contributed by atoms with Crippen molar-refractivity contribution >= 4 is 34.7 Å². The van der Waals surface area contributed by atoms with Gasteiger partial charge in [0.1, 0.15) is 18.6 Å². The average molecular weight is 381 g/mol. The van der Waals surface area contributed by atoms with Gasteiger partial charge in [-0.25, -0.2) is 4.39 Å². The second-order valence-electron chi connectivity index (χ2n) is 6.20. The van der Waals surface area contributed by atoms with Crippen LogP contribution in [0.2, 0.25) is 0 Å². The van der Waals surface area contributed by atoms with Crippen LogP contribution in [0.25, 0.3) is 0 Å². The van der Waals surface area contributed by atoms with Gasteiger partial charge in [-0.2, -0.15) is 0 Å². The molecule has 8 nitrogen and oxygen atoms in total. The van der Waals surface area contributed by atoms with E-state index in [4.69, 9.17) is 0 Å². The van der Waals surface area contributed by atoms with Crippen LogP contribution in [0, 0.1) is 5.82 Å². The van der Waals surface area contributed by atoms with Gasteiger partial charge in [-0.1, -0.05) is 5.16 Å². The molecule has 0 aliphatic carbocycles. The monoisotopic (exact) mass is 381 g/mol. The van der Waals surface area contributed by atoms with Gasteiger partial charge in [0.25, 0.3) is 5.91 Å². The summed E-state index contributed by atoms with van der Waals surface area (Å²) >= 11 is 0. The second kappa shape index (κ2) is 7.03. The Hall–Kier alpha value is -3.88. The van der Waals surface area contributed by atoms with Crippen molar-refractivity contribution in [3.63, 3.8) is 0 Å². The van der Waals surface area contributed by atoms with Crippen LogP contribution >= 0.6 is 0 Å². The molecule has 28 heavy (non-hydrogen) atoms. The van der Waals surface area contributed by atoms with Gasteiger partial charge in [-0.3, -0.25) is 20.0 Å². The number of aromatic nitrogens is 1. The number of rotatable bonds is 4. The molecule has 0 atom stereocenters. The lowest BCUT2D eigenvalue weighted by Gasteiger charge is -2.36. The summed E-state index contributed by atoms with van der Waals surface area (Å²) in [5, 5.41) is 7.80. The Bertz CT molecular complexity index is 1020. The Morgan fingerprint density at radius 1 is 1.14 bits per heavy atom. The molecule has 0 saturated carbocycles. The third-order valence-corrected chi connectivity index (χ3v) is 4.35. The lowest BCUT2D eigenvalue weighted by atomic mass is 10.1. The maximum Gasteiger partial charge on any atom is 0.256 e. The lowest BCUT2D eigenvalue weighted by Crippen LogP contribution is -2.46. The van der Waals surface area contributed by atoms with Crippen LogP contribution in [0.1, 0.15) is 10.4 Å². The zero-order valence-electron chi connectivity index (χ0n) is 14.8. The summed E-state index contributed by atoms with van der Waals surface area (Å²) in [5.41, 5.74) is 5.31. The molecule has 0 spiro atoms.